The average molecular weight is 496 g/mol. The van der Waals surface area contributed by atoms with Crippen LogP contribution >= 0.6 is 22.9 Å². The minimum Gasteiger partial charge on any atom is -0.478 e. The number of carboxylic acid groups (broad SMARTS) is 2. The maximum atomic E-state index is 13.0. The second kappa shape index (κ2) is 11.5. The summed E-state index contributed by atoms with van der Waals surface area (Å²) in [5.74, 6) is -2.51. The number of carboxylic acids is 2. The first-order valence-corrected chi connectivity index (χ1v) is 11.5. The molecule has 3 rings (SSSR count). The number of rotatable bonds is 7. The standard InChI is InChI=1S/C16H14ClN3O2S2.C4H4O4/c1-18-9-11-8-14(24(21,22)12-4-2-6-19-10-12)15(23-11)13-5-3-7-20-16(13)17;5-3(6)1-2-4(7)8/h2-8,10,18H,9H2,1H3;1-2H,(H,5,6)(H,7,8). The van der Waals surface area contributed by atoms with Crippen molar-refractivity contribution in [1.29, 1.82) is 0 Å². The highest BCUT2D eigenvalue weighted by Crippen LogP contribution is 2.40. The van der Waals surface area contributed by atoms with E-state index in [-0.39, 0.29) is 14.9 Å². The third-order valence-corrected chi connectivity index (χ3v) is 7.07. The van der Waals surface area contributed by atoms with Crippen molar-refractivity contribution in [3.8, 4) is 10.4 Å². The van der Waals surface area contributed by atoms with Crippen molar-refractivity contribution in [2.24, 2.45) is 0 Å². The molecule has 0 amide bonds. The number of halogens is 1. The van der Waals surface area contributed by atoms with E-state index in [2.05, 4.69) is 15.3 Å². The number of hydrogen-bond acceptors (Lipinski definition) is 8. The number of nitrogens with one attached hydrogen (secondary N) is 1. The van der Waals surface area contributed by atoms with Crippen LogP contribution in [-0.4, -0.2) is 47.6 Å². The summed E-state index contributed by atoms with van der Waals surface area (Å²) in [6.45, 7) is 0.568. The summed E-state index contributed by atoms with van der Waals surface area (Å²) in [6, 6.07) is 8.32. The zero-order valence-electron chi connectivity index (χ0n) is 16.6. The highest BCUT2D eigenvalue weighted by molar-refractivity contribution is 7.91. The van der Waals surface area contributed by atoms with Gasteiger partial charge < -0.3 is 15.5 Å². The van der Waals surface area contributed by atoms with Gasteiger partial charge >= 0.3 is 11.9 Å². The van der Waals surface area contributed by atoms with Crippen molar-refractivity contribution >= 4 is 44.7 Å². The van der Waals surface area contributed by atoms with Gasteiger partial charge in [-0.1, -0.05) is 11.6 Å². The molecular formula is C20H18ClN3O6S2. The molecule has 0 saturated carbocycles. The van der Waals surface area contributed by atoms with Crippen molar-refractivity contribution in [2.45, 2.75) is 16.3 Å². The number of pyridine rings is 2. The van der Waals surface area contributed by atoms with Crippen LogP contribution in [0.5, 0.6) is 0 Å². The van der Waals surface area contributed by atoms with E-state index in [1.165, 1.54) is 29.8 Å². The fourth-order valence-corrected chi connectivity index (χ4v) is 5.65. The van der Waals surface area contributed by atoms with E-state index in [0.29, 0.717) is 29.1 Å². The molecule has 3 aromatic rings. The normalized spacial score (nSPS) is 11.1. The van der Waals surface area contributed by atoms with Gasteiger partial charge in [0.2, 0.25) is 9.84 Å². The van der Waals surface area contributed by atoms with Crippen molar-refractivity contribution in [1.82, 2.24) is 15.3 Å². The third-order valence-electron chi connectivity index (χ3n) is 3.71. The minimum atomic E-state index is -3.70. The molecule has 0 radical (unpaired) electrons. The van der Waals surface area contributed by atoms with Gasteiger partial charge in [-0.15, -0.1) is 11.3 Å². The van der Waals surface area contributed by atoms with E-state index in [1.807, 2.05) is 7.05 Å². The Morgan fingerprint density at radius 1 is 1.16 bits per heavy atom. The number of thiophene rings is 1. The summed E-state index contributed by atoms with van der Waals surface area (Å²) in [5, 5.41) is 18.9. The van der Waals surface area contributed by atoms with Gasteiger partial charge in [-0.3, -0.25) is 4.98 Å². The van der Waals surface area contributed by atoms with Gasteiger partial charge in [-0.05, 0) is 37.4 Å². The quantitative estimate of drug-likeness (QED) is 0.332. The topological polar surface area (TPSA) is 147 Å². The number of aliphatic carboxylic acids is 2. The SMILES string of the molecule is CNCc1cc(S(=O)(=O)c2cccnc2)c(-c2cccnc2Cl)s1.O=C(O)C=CC(=O)O. The summed E-state index contributed by atoms with van der Waals surface area (Å²) in [4.78, 5) is 28.9. The highest BCUT2D eigenvalue weighted by Gasteiger charge is 2.26. The summed E-state index contributed by atoms with van der Waals surface area (Å²) < 4.78 is 26.1. The van der Waals surface area contributed by atoms with Gasteiger partial charge in [0, 0.05) is 47.7 Å². The zero-order valence-corrected chi connectivity index (χ0v) is 19.0. The van der Waals surface area contributed by atoms with Gasteiger partial charge in [0.25, 0.3) is 0 Å². The lowest BCUT2D eigenvalue weighted by Gasteiger charge is -2.06. The maximum absolute atomic E-state index is 13.0. The van der Waals surface area contributed by atoms with Crippen LogP contribution in [0.1, 0.15) is 4.88 Å². The largest absolute Gasteiger partial charge is 0.478 e. The lowest BCUT2D eigenvalue weighted by molar-refractivity contribution is -0.134. The smallest absolute Gasteiger partial charge is 0.328 e. The first-order valence-electron chi connectivity index (χ1n) is 8.84. The van der Waals surface area contributed by atoms with E-state index in [0.717, 1.165) is 4.88 Å². The van der Waals surface area contributed by atoms with E-state index in [4.69, 9.17) is 21.8 Å². The van der Waals surface area contributed by atoms with Gasteiger partial charge in [-0.25, -0.2) is 23.0 Å². The molecular weight excluding hydrogens is 478 g/mol. The highest BCUT2D eigenvalue weighted by atomic mass is 35.5. The number of sulfone groups is 1. The predicted molar refractivity (Wildman–Crippen MR) is 119 cm³/mol. The molecule has 3 heterocycles. The van der Waals surface area contributed by atoms with Crippen LogP contribution in [0.25, 0.3) is 10.4 Å². The molecule has 0 aliphatic rings. The van der Waals surface area contributed by atoms with Crippen LogP contribution in [-0.2, 0) is 26.0 Å². The van der Waals surface area contributed by atoms with Crippen LogP contribution in [0.15, 0.2) is 70.9 Å². The molecule has 0 fully saturated rings. The molecule has 0 atom stereocenters. The Kier molecular flexibility index (Phi) is 9.02. The fourth-order valence-electron chi connectivity index (χ4n) is 2.40. The Morgan fingerprint density at radius 3 is 2.34 bits per heavy atom. The molecule has 0 aliphatic heterocycles. The number of aromatic nitrogens is 2. The first kappa shape index (κ1) is 25.1. The zero-order chi connectivity index (χ0) is 23.7. The molecule has 0 aromatic carbocycles. The Balaban J connectivity index is 0.000000390. The molecule has 0 aliphatic carbocycles. The van der Waals surface area contributed by atoms with Crippen molar-refractivity contribution in [2.75, 3.05) is 7.05 Å². The first-order chi connectivity index (χ1) is 15.2. The van der Waals surface area contributed by atoms with Crippen molar-refractivity contribution in [3.63, 3.8) is 0 Å². The second-order valence-corrected chi connectivity index (χ2v) is 9.39. The average Bonchev–Trinajstić information content (AvgIpc) is 3.18. The summed E-state index contributed by atoms with van der Waals surface area (Å²) in [5.41, 5.74) is 0.606. The number of hydrogen-bond donors (Lipinski definition) is 3. The monoisotopic (exact) mass is 495 g/mol. The lowest BCUT2D eigenvalue weighted by atomic mass is 10.2. The lowest BCUT2D eigenvalue weighted by Crippen LogP contribution is -2.04. The maximum Gasteiger partial charge on any atom is 0.328 e. The molecule has 32 heavy (non-hydrogen) atoms. The molecule has 3 aromatic heterocycles. The number of nitrogens with zero attached hydrogens (tertiary/aromatic N) is 2. The molecule has 0 saturated heterocycles. The van der Waals surface area contributed by atoms with Gasteiger partial charge in [0.15, 0.2) is 0 Å². The van der Waals surface area contributed by atoms with E-state index < -0.39 is 21.8 Å². The third kappa shape index (κ3) is 6.69. The van der Waals surface area contributed by atoms with E-state index >= 15 is 0 Å². The van der Waals surface area contributed by atoms with Crippen molar-refractivity contribution in [3.05, 3.63) is 71.1 Å². The Morgan fingerprint density at radius 2 is 1.81 bits per heavy atom. The molecule has 3 N–H and O–H groups in total. The van der Waals surface area contributed by atoms with Gasteiger partial charge in [0.05, 0.1) is 14.7 Å². The summed E-state index contributed by atoms with van der Waals surface area (Å²) in [6.07, 6.45) is 5.57. The Hall–Kier alpha value is -3.12. The number of carbonyl (C=O) groups is 2. The van der Waals surface area contributed by atoms with E-state index in [1.54, 1.807) is 30.5 Å². The summed E-state index contributed by atoms with van der Waals surface area (Å²) >= 11 is 7.57. The van der Waals surface area contributed by atoms with Gasteiger partial charge in [-0.2, -0.15) is 0 Å². The van der Waals surface area contributed by atoms with E-state index in [9.17, 15) is 18.0 Å². The van der Waals surface area contributed by atoms with Crippen molar-refractivity contribution < 1.29 is 28.2 Å². The second-order valence-electron chi connectivity index (χ2n) is 5.98. The van der Waals surface area contributed by atoms with Gasteiger partial charge in [0.1, 0.15) is 5.15 Å². The summed E-state index contributed by atoms with van der Waals surface area (Å²) in [7, 11) is -1.89. The van der Waals surface area contributed by atoms with Crippen LogP contribution in [0.3, 0.4) is 0 Å². The minimum absolute atomic E-state index is 0.153. The molecule has 9 nitrogen and oxygen atoms in total. The molecule has 168 valence electrons. The predicted octanol–water partition coefficient (Wildman–Crippen LogP) is 3.12. The van der Waals surface area contributed by atoms with Crippen LogP contribution in [0, 0.1) is 0 Å². The Labute approximate surface area is 193 Å². The molecule has 0 spiro atoms. The molecule has 0 bridgehead atoms. The fraction of sp³-hybridized carbons (Fsp3) is 0.100. The van der Waals surface area contributed by atoms with Crippen LogP contribution in [0.4, 0.5) is 0 Å². The molecule has 0 unspecified atom stereocenters. The molecule has 12 heteroatoms. The van der Waals surface area contributed by atoms with Crippen LogP contribution in [0.2, 0.25) is 5.15 Å². The van der Waals surface area contributed by atoms with Crippen LogP contribution < -0.4 is 5.32 Å². The Bertz CT molecular complexity index is 1210.